The van der Waals surface area contributed by atoms with E-state index in [0.29, 0.717) is 11.8 Å². The molecule has 0 aliphatic carbocycles. The van der Waals surface area contributed by atoms with Crippen LogP contribution in [-0.4, -0.2) is 10.2 Å². The van der Waals surface area contributed by atoms with Crippen molar-refractivity contribution in [1.29, 1.82) is 0 Å². The molecular formula is C12H12Cl2FN3O. The van der Waals surface area contributed by atoms with E-state index in [1.807, 2.05) is 13.8 Å². The second-order valence-corrected chi connectivity index (χ2v) is 5.13. The maximum Gasteiger partial charge on any atom is 0.235 e. The molecule has 0 spiro atoms. The van der Waals surface area contributed by atoms with Crippen molar-refractivity contribution in [3.63, 3.8) is 0 Å². The lowest BCUT2D eigenvalue weighted by atomic mass is 10.2. The Bertz CT molecular complexity index is 563. The van der Waals surface area contributed by atoms with Gasteiger partial charge in [0.15, 0.2) is 0 Å². The van der Waals surface area contributed by atoms with Crippen molar-refractivity contribution < 1.29 is 8.81 Å². The number of benzene rings is 1. The molecule has 1 heterocycles. The van der Waals surface area contributed by atoms with Crippen molar-refractivity contribution in [2.24, 2.45) is 0 Å². The van der Waals surface area contributed by atoms with Crippen molar-refractivity contribution in [1.82, 2.24) is 10.2 Å². The van der Waals surface area contributed by atoms with E-state index < -0.39 is 5.82 Å². The Morgan fingerprint density at radius 2 is 2.05 bits per heavy atom. The van der Waals surface area contributed by atoms with Crippen molar-refractivity contribution >= 4 is 28.9 Å². The lowest BCUT2D eigenvalue weighted by Gasteiger charge is -2.07. The molecule has 2 aromatic rings. The van der Waals surface area contributed by atoms with Crippen LogP contribution in [0.5, 0.6) is 0 Å². The Morgan fingerprint density at radius 3 is 2.63 bits per heavy atom. The summed E-state index contributed by atoms with van der Waals surface area (Å²) in [4.78, 5) is 0. The van der Waals surface area contributed by atoms with Crippen LogP contribution in [0.4, 0.5) is 10.1 Å². The Balaban J connectivity index is 2.10. The Hall–Kier alpha value is -1.33. The molecule has 0 saturated carbocycles. The number of nitrogens with one attached hydrogen (secondary N) is 1. The van der Waals surface area contributed by atoms with Gasteiger partial charge < -0.3 is 9.73 Å². The third kappa shape index (κ3) is 3.36. The molecule has 0 amide bonds. The van der Waals surface area contributed by atoms with Gasteiger partial charge in [0.2, 0.25) is 11.8 Å². The molecule has 0 radical (unpaired) electrons. The molecule has 0 fully saturated rings. The summed E-state index contributed by atoms with van der Waals surface area (Å²) < 4.78 is 19.0. The summed E-state index contributed by atoms with van der Waals surface area (Å²) in [5.74, 6) is 0.534. The van der Waals surface area contributed by atoms with E-state index in [9.17, 15) is 4.39 Å². The number of nitrogens with zero attached hydrogens (tertiary/aromatic N) is 2. The van der Waals surface area contributed by atoms with Gasteiger partial charge in [0, 0.05) is 10.9 Å². The first kappa shape index (κ1) is 14.1. The van der Waals surface area contributed by atoms with Crippen molar-refractivity contribution in [2.45, 2.75) is 26.3 Å². The molecule has 1 aromatic carbocycles. The summed E-state index contributed by atoms with van der Waals surface area (Å²) in [5.41, 5.74) is 0.162. The fourth-order valence-electron chi connectivity index (χ4n) is 1.45. The molecule has 2 rings (SSSR count). The number of rotatable bonds is 4. The number of hydrogen-bond donors (Lipinski definition) is 1. The second kappa shape index (κ2) is 5.75. The lowest BCUT2D eigenvalue weighted by molar-refractivity contribution is 0.437. The van der Waals surface area contributed by atoms with E-state index in [0.717, 1.165) is 0 Å². The first-order valence-corrected chi connectivity index (χ1v) is 6.43. The molecule has 0 aliphatic heterocycles. The summed E-state index contributed by atoms with van der Waals surface area (Å²) >= 11 is 11.6. The van der Waals surface area contributed by atoms with Gasteiger partial charge in [-0.2, -0.15) is 0 Å². The smallest absolute Gasteiger partial charge is 0.235 e. The van der Waals surface area contributed by atoms with Gasteiger partial charge in [-0.05, 0) is 12.1 Å². The van der Waals surface area contributed by atoms with Crippen LogP contribution in [0.2, 0.25) is 10.0 Å². The highest BCUT2D eigenvalue weighted by Gasteiger charge is 2.12. The third-order valence-corrected chi connectivity index (χ3v) is 2.92. The summed E-state index contributed by atoms with van der Waals surface area (Å²) in [6.45, 7) is 4.08. The first-order chi connectivity index (χ1) is 8.97. The van der Waals surface area contributed by atoms with Crippen LogP contribution < -0.4 is 5.32 Å². The van der Waals surface area contributed by atoms with Gasteiger partial charge >= 0.3 is 0 Å². The summed E-state index contributed by atoms with van der Waals surface area (Å²) in [6.07, 6.45) is 0. The highest BCUT2D eigenvalue weighted by molar-refractivity contribution is 6.36. The van der Waals surface area contributed by atoms with Crippen LogP contribution in [0.15, 0.2) is 16.5 Å². The first-order valence-electron chi connectivity index (χ1n) is 5.68. The minimum atomic E-state index is -0.527. The average molecular weight is 304 g/mol. The van der Waals surface area contributed by atoms with Gasteiger partial charge in [0.1, 0.15) is 5.82 Å². The zero-order valence-electron chi connectivity index (χ0n) is 10.4. The highest BCUT2D eigenvalue weighted by Crippen LogP contribution is 2.29. The summed E-state index contributed by atoms with van der Waals surface area (Å²) in [5, 5.41) is 11.0. The maximum atomic E-state index is 13.6. The van der Waals surface area contributed by atoms with Crippen molar-refractivity contribution in [3.8, 4) is 0 Å². The van der Waals surface area contributed by atoms with Crippen LogP contribution in [0, 0.1) is 5.82 Å². The summed E-state index contributed by atoms with van der Waals surface area (Å²) in [6, 6.07) is 2.64. The summed E-state index contributed by atoms with van der Waals surface area (Å²) in [7, 11) is 0. The third-order valence-electron chi connectivity index (χ3n) is 2.40. The molecule has 4 nitrogen and oxygen atoms in total. The molecule has 19 heavy (non-hydrogen) atoms. The monoisotopic (exact) mass is 303 g/mol. The van der Waals surface area contributed by atoms with Crippen LogP contribution >= 0.6 is 23.2 Å². The zero-order chi connectivity index (χ0) is 14.0. The number of anilines is 1. The fourth-order valence-corrected chi connectivity index (χ4v) is 1.98. The van der Waals surface area contributed by atoms with Gasteiger partial charge in [-0.3, -0.25) is 0 Å². The van der Waals surface area contributed by atoms with E-state index in [4.69, 9.17) is 27.6 Å². The molecule has 1 N–H and O–H groups in total. The van der Waals surface area contributed by atoms with Crippen LogP contribution in [0.1, 0.15) is 31.5 Å². The Kier molecular flexibility index (Phi) is 4.27. The van der Waals surface area contributed by atoms with E-state index in [1.165, 1.54) is 12.1 Å². The van der Waals surface area contributed by atoms with Crippen molar-refractivity contribution in [2.75, 3.05) is 5.32 Å². The minimum Gasteiger partial charge on any atom is -0.423 e. The van der Waals surface area contributed by atoms with Gasteiger partial charge in [-0.1, -0.05) is 37.0 Å². The van der Waals surface area contributed by atoms with Crippen LogP contribution in [0.25, 0.3) is 0 Å². The molecule has 0 atom stereocenters. The normalized spacial score (nSPS) is 11.1. The minimum absolute atomic E-state index is 0.150. The highest BCUT2D eigenvalue weighted by atomic mass is 35.5. The second-order valence-electron chi connectivity index (χ2n) is 4.29. The van der Waals surface area contributed by atoms with Crippen LogP contribution in [-0.2, 0) is 6.54 Å². The SMILES string of the molecule is CC(C)c1nnc(CNc2c(F)cc(Cl)cc2Cl)o1. The Labute approximate surface area is 119 Å². The standard InChI is InChI=1S/C12H12Cl2FN3O/c1-6(2)12-18-17-10(19-12)5-16-11-8(14)3-7(13)4-9(11)15/h3-4,6,16H,5H2,1-2H3. The predicted octanol–water partition coefficient (Wildman–Crippen LogP) is 4.25. The molecular weight excluding hydrogens is 292 g/mol. The maximum absolute atomic E-state index is 13.6. The number of halogens is 3. The Morgan fingerprint density at radius 1 is 1.32 bits per heavy atom. The number of hydrogen-bond acceptors (Lipinski definition) is 4. The predicted molar refractivity (Wildman–Crippen MR) is 72.1 cm³/mol. The average Bonchev–Trinajstić information content (AvgIpc) is 2.76. The van der Waals surface area contributed by atoms with E-state index in [2.05, 4.69) is 15.5 Å². The zero-order valence-corrected chi connectivity index (χ0v) is 11.9. The molecule has 0 saturated heterocycles. The van der Waals surface area contributed by atoms with Gasteiger partial charge in [-0.15, -0.1) is 10.2 Å². The fraction of sp³-hybridized carbons (Fsp3) is 0.333. The lowest BCUT2D eigenvalue weighted by Crippen LogP contribution is -2.02. The van der Waals surface area contributed by atoms with Gasteiger partial charge in [-0.25, -0.2) is 4.39 Å². The van der Waals surface area contributed by atoms with Crippen molar-refractivity contribution in [3.05, 3.63) is 39.8 Å². The molecule has 0 aliphatic rings. The van der Waals surface area contributed by atoms with E-state index >= 15 is 0 Å². The van der Waals surface area contributed by atoms with E-state index in [-0.39, 0.29) is 28.2 Å². The molecule has 1 aromatic heterocycles. The quantitative estimate of drug-likeness (QED) is 0.917. The molecule has 0 bridgehead atoms. The molecule has 7 heteroatoms. The van der Waals surface area contributed by atoms with Crippen LogP contribution in [0.3, 0.4) is 0 Å². The molecule has 102 valence electrons. The molecule has 0 unspecified atom stereocenters. The van der Waals surface area contributed by atoms with E-state index in [1.54, 1.807) is 0 Å². The topological polar surface area (TPSA) is 51.0 Å². The largest absolute Gasteiger partial charge is 0.423 e. The van der Waals surface area contributed by atoms with Gasteiger partial charge in [0.25, 0.3) is 0 Å². The van der Waals surface area contributed by atoms with Gasteiger partial charge in [0.05, 0.1) is 17.3 Å². The number of aromatic nitrogens is 2.